The van der Waals surface area contributed by atoms with Crippen molar-refractivity contribution >= 4 is 46.1 Å². The van der Waals surface area contributed by atoms with Gasteiger partial charge in [-0.05, 0) is 48.4 Å². The number of benzene rings is 2. The monoisotopic (exact) mass is 539 g/mol. The average molecular weight is 540 g/mol. The number of nitrogens with one attached hydrogen (secondary N) is 2. The Balaban J connectivity index is 1.20. The zero-order chi connectivity index (χ0) is 27.8. The van der Waals surface area contributed by atoms with Crippen LogP contribution in [0.5, 0.6) is 0 Å². The molecule has 1 spiro atoms. The predicted octanol–water partition coefficient (Wildman–Crippen LogP) is 2.81. The van der Waals surface area contributed by atoms with Crippen LogP contribution in [-0.2, 0) is 43.9 Å². The third kappa shape index (κ3) is 3.51. The fourth-order valence-corrected chi connectivity index (χ4v) is 7.13. The number of hydrogen-bond acceptors (Lipinski definition) is 7. The topological polar surface area (TPSA) is 121 Å². The van der Waals surface area contributed by atoms with E-state index in [1.807, 2.05) is 36.4 Å². The summed E-state index contributed by atoms with van der Waals surface area (Å²) >= 11 is 0. The maximum atomic E-state index is 12.7. The lowest BCUT2D eigenvalue weighted by Crippen LogP contribution is -2.48. The minimum atomic E-state index is -0.878. The first-order valence-corrected chi connectivity index (χ1v) is 13.6. The molecule has 0 bridgehead atoms. The second kappa shape index (κ2) is 8.51. The van der Waals surface area contributed by atoms with E-state index in [1.165, 1.54) is 4.90 Å². The third-order valence-corrected chi connectivity index (χ3v) is 8.94. The number of aromatic nitrogens is 1. The third-order valence-electron chi connectivity index (χ3n) is 8.94. The molecule has 3 aliphatic heterocycles. The first-order chi connectivity index (χ1) is 19.2. The first-order valence-electron chi connectivity index (χ1n) is 13.6. The van der Waals surface area contributed by atoms with Gasteiger partial charge in [-0.15, -0.1) is 0 Å². The van der Waals surface area contributed by atoms with E-state index in [4.69, 9.17) is 9.72 Å². The number of hydrogen-bond donors (Lipinski definition) is 2. The minimum absolute atomic E-state index is 0.102. The molecule has 10 nitrogen and oxygen atoms in total. The number of likely N-dealkylation sites (N-methyl/N-ethyl adjacent to an activating group) is 1. The Morgan fingerprint density at radius 1 is 1.05 bits per heavy atom. The van der Waals surface area contributed by atoms with Gasteiger partial charge in [0.25, 0.3) is 5.91 Å². The van der Waals surface area contributed by atoms with Gasteiger partial charge in [-0.2, -0.15) is 0 Å². The number of ether oxygens (including phenoxy) is 1. The molecular weight excluding hydrogens is 510 g/mol. The van der Waals surface area contributed by atoms with E-state index in [0.29, 0.717) is 32.5 Å². The van der Waals surface area contributed by atoms with Crippen molar-refractivity contribution < 1.29 is 23.9 Å². The minimum Gasteiger partial charge on any atom is -0.466 e. The van der Waals surface area contributed by atoms with E-state index in [9.17, 15) is 19.2 Å². The second-order valence-corrected chi connectivity index (χ2v) is 11.4. The SMILES string of the molecule is CCOC(=O)CC12CC(=O)Nc3cccc(c31)N(Cc1ccc3cc4c(cc3n1)C[C@]1(C4)C(=O)NC(=O)N1C)C2. The van der Waals surface area contributed by atoms with Crippen LogP contribution in [0.4, 0.5) is 16.2 Å². The summed E-state index contributed by atoms with van der Waals surface area (Å²) in [5.41, 5.74) is 4.94. The summed E-state index contributed by atoms with van der Waals surface area (Å²) in [6.45, 7) is 3.09. The van der Waals surface area contributed by atoms with Gasteiger partial charge in [0, 0.05) is 60.6 Å². The zero-order valence-electron chi connectivity index (χ0n) is 22.4. The lowest BCUT2D eigenvalue weighted by molar-refractivity contribution is -0.144. The highest BCUT2D eigenvalue weighted by Crippen LogP contribution is 2.51. The number of anilines is 2. The molecule has 0 saturated carbocycles. The number of carbonyl (C=O) groups is 4. The Kier molecular flexibility index (Phi) is 5.23. The van der Waals surface area contributed by atoms with E-state index in [1.54, 1.807) is 14.0 Å². The van der Waals surface area contributed by atoms with Crippen molar-refractivity contribution in [3.05, 3.63) is 64.8 Å². The lowest BCUT2D eigenvalue weighted by Gasteiger charge is -2.33. The fraction of sp³-hybridized carbons (Fsp3) is 0.367. The molecule has 1 aliphatic carbocycles. The Morgan fingerprint density at radius 2 is 1.85 bits per heavy atom. The molecule has 1 unspecified atom stereocenters. The van der Waals surface area contributed by atoms with Crippen LogP contribution in [0.25, 0.3) is 10.9 Å². The number of amides is 4. The molecule has 0 radical (unpaired) electrons. The molecule has 1 fully saturated rings. The van der Waals surface area contributed by atoms with Crippen molar-refractivity contribution in [3.63, 3.8) is 0 Å². The number of urea groups is 1. The molecule has 40 heavy (non-hydrogen) atoms. The average Bonchev–Trinajstić information content (AvgIpc) is 3.49. The van der Waals surface area contributed by atoms with E-state index in [0.717, 1.165) is 44.7 Å². The number of fused-ring (bicyclic) bond motifs is 2. The van der Waals surface area contributed by atoms with Gasteiger partial charge in [-0.25, -0.2) is 4.79 Å². The molecule has 2 atom stereocenters. The number of imide groups is 1. The quantitative estimate of drug-likeness (QED) is 0.378. The predicted molar refractivity (Wildman–Crippen MR) is 147 cm³/mol. The van der Waals surface area contributed by atoms with E-state index in [-0.39, 0.29) is 36.7 Å². The van der Waals surface area contributed by atoms with Crippen molar-refractivity contribution in [1.29, 1.82) is 0 Å². The summed E-state index contributed by atoms with van der Waals surface area (Å²) < 4.78 is 5.29. The number of carbonyl (C=O) groups excluding carboxylic acids is 4. The van der Waals surface area contributed by atoms with Gasteiger partial charge in [0.2, 0.25) is 5.91 Å². The summed E-state index contributed by atoms with van der Waals surface area (Å²) in [6.07, 6.45) is 1.29. The molecule has 204 valence electrons. The lowest BCUT2D eigenvalue weighted by atomic mass is 9.73. The summed E-state index contributed by atoms with van der Waals surface area (Å²) in [5, 5.41) is 6.40. The number of rotatable bonds is 5. The molecular formula is C30H29N5O5. The van der Waals surface area contributed by atoms with Crippen LogP contribution < -0.4 is 15.5 Å². The fourth-order valence-electron chi connectivity index (χ4n) is 7.13. The Labute approximate surface area is 230 Å². The normalized spacial score (nSPS) is 24.4. The zero-order valence-corrected chi connectivity index (χ0v) is 22.4. The van der Waals surface area contributed by atoms with Gasteiger partial charge in [0.05, 0.1) is 30.8 Å². The molecule has 1 aromatic heterocycles. The number of esters is 1. The van der Waals surface area contributed by atoms with Gasteiger partial charge >= 0.3 is 12.0 Å². The highest BCUT2D eigenvalue weighted by atomic mass is 16.5. The van der Waals surface area contributed by atoms with Crippen LogP contribution in [0.1, 0.15) is 42.1 Å². The first kappa shape index (κ1) is 24.6. The molecule has 1 saturated heterocycles. The highest BCUT2D eigenvalue weighted by molar-refractivity contribution is 6.08. The van der Waals surface area contributed by atoms with Gasteiger partial charge < -0.3 is 19.9 Å². The standard InChI is InChI=1S/C30H29N5O5/c1-3-40-25(37)14-29-13-24(36)32-21-5-4-6-23(26(21)29)35(16-29)15-20-8-7-17-9-18-11-30(12-19(18)10-22(17)31-20)27(38)33-28(39)34(30)2/h4-10H,3,11-16H2,1-2H3,(H,32,36)(H,33,38,39)/t29?,30-/m1/s1. The van der Waals surface area contributed by atoms with Crippen LogP contribution >= 0.6 is 0 Å². The molecule has 4 aliphatic rings. The van der Waals surface area contributed by atoms with Crippen LogP contribution in [0.3, 0.4) is 0 Å². The van der Waals surface area contributed by atoms with E-state index >= 15 is 0 Å². The molecule has 4 heterocycles. The van der Waals surface area contributed by atoms with Crippen LogP contribution in [-0.4, -0.2) is 59.4 Å². The molecule has 10 heteroatoms. The van der Waals surface area contributed by atoms with Crippen LogP contribution in [0, 0.1) is 0 Å². The van der Waals surface area contributed by atoms with E-state index < -0.39 is 11.0 Å². The van der Waals surface area contributed by atoms with Gasteiger partial charge in [-0.1, -0.05) is 12.1 Å². The maximum Gasteiger partial charge on any atom is 0.324 e. The Morgan fingerprint density at radius 3 is 2.60 bits per heavy atom. The number of pyridine rings is 1. The summed E-state index contributed by atoms with van der Waals surface area (Å²) in [6, 6.07) is 13.6. The molecule has 4 amide bonds. The Bertz CT molecular complexity index is 1650. The molecule has 3 aromatic rings. The number of nitrogens with zero attached hydrogens (tertiary/aromatic N) is 3. The van der Waals surface area contributed by atoms with E-state index in [2.05, 4.69) is 21.6 Å². The maximum absolute atomic E-state index is 12.7. The van der Waals surface area contributed by atoms with Crippen molar-refractivity contribution in [2.45, 2.75) is 50.1 Å². The smallest absolute Gasteiger partial charge is 0.324 e. The van der Waals surface area contributed by atoms with Gasteiger partial charge in [0.1, 0.15) is 5.54 Å². The Hall–Kier alpha value is -4.47. The van der Waals surface area contributed by atoms with Crippen molar-refractivity contribution in [2.75, 3.05) is 30.4 Å². The molecule has 2 aromatic carbocycles. The summed E-state index contributed by atoms with van der Waals surface area (Å²) in [7, 11) is 1.67. The van der Waals surface area contributed by atoms with Crippen molar-refractivity contribution in [3.8, 4) is 0 Å². The van der Waals surface area contributed by atoms with Crippen LogP contribution in [0.15, 0.2) is 42.5 Å². The van der Waals surface area contributed by atoms with Crippen molar-refractivity contribution in [2.24, 2.45) is 0 Å². The summed E-state index contributed by atoms with van der Waals surface area (Å²) in [4.78, 5) is 58.9. The van der Waals surface area contributed by atoms with Crippen molar-refractivity contribution in [1.82, 2.24) is 15.2 Å². The van der Waals surface area contributed by atoms with Gasteiger partial charge in [0.15, 0.2) is 0 Å². The van der Waals surface area contributed by atoms with Gasteiger partial charge in [-0.3, -0.25) is 24.7 Å². The second-order valence-electron chi connectivity index (χ2n) is 11.4. The summed E-state index contributed by atoms with van der Waals surface area (Å²) in [5.74, 6) is -0.661. The molecule has 7 rings (SSSR count). The largest absolute Gasteiger partial charge is 0.466 e. The molecule has 2 N–H and O–H groups in total. The van der Waals surface area contributed by atoms with Crippen LogP contribution in [0.2, 0.25) is 0 Å². The highest BCUT2D eigenvalue weighted by Gasteiger charge is 2.54.